The van der Waals surface area contributed by atoms with Crippen LogP contribution in [0.5, 0.6) is 0 Å². The molecule has 0 unspecified atom stereocenters. The van der Waals surface area contributed by atoms with E-state index in [4.69, 9.17) is 0 Å². The summed E-state index contributed by atoms with van der Waals surface area (Å²) in [6, 6.07) is 1.09. The van der Waals surface area contributed by atoms with Gasteiger partial charge in [0.05, 0.1) is 0 Å². The lowest BCUT2D eigenvalue weighted by atomic mass is 9.91. The summed E-state index contributed by atoms with van der Waals surface area (Å²) in [5, 5.41) is 6.22. The minimum Gasteiger partial charge on any atom is -0.354 e. The van der Waals surface area contributed by atoms with Gasteiger partial charge in [-0.15, -0.1) is 0 Å². The average molecular weight is 200 g/mol. The maximum Gasteiger partial charge on any atom is 0.217 e. The molecule has 0 heterocycles. The lowest BCUT2D eigenvalue weighted by molar-refractivity contribution is -0.119. The van der Waals surface area contributed by atoms with Crippen LogP contribution in [0.4, 0.5) is 0 Å². The summed E-state index contributed by atoms with van der Waals surface area (Å²) in [6.45, 7) is 5.59. The van der Waals surface area contributed by atoms with Crippen LogP contribution in [0.2, 0.25) is 0 Å². The smallest absolute Gasteiger partial charge is 0.217 e. The molecule has 1 amide bonds. The van der Waals surface area contributed by atoms with Gasteiger partial charge in [0.1, 0.15) is 0 Å². The predicted octanol–water partition coefficient (Wildman–Crippen LogP) is 1.68. The fourth-order valence-corrected chi connectivity index (χ4v) is 1.81. The normalized spacial score (nSPS) is 26.0. The SMILES string of the molecule is CC.CNC1CCC(NC(C)=O)CC1. The van der Waals surface area contributed by atoms with Crippen molar-refractivity contribution < 1.29 is 4.79 Å². The van der Waals surface area contributed by atoms with Crippen LogP contribution in [-0.2, 0) is 4.79 Å². The first kappa shape index (κ1) is 13.4. The van der Waals surface area contributed by atoms with Crippen LogP contribution >= 0.6 is 0 Å². The molecule has 1 saturated carbocycles. The number of rotatable bonds is 2. The second-order valence-corrected chi connectivity index (χ2v) is 3.54. The molecule has 0 atom stereocenters. The van der Waals surface area contributed by atoms with Crippen molar-refractivity contribution in [2.45, 2.75) is 58.5 Å². The second-order valence-electron chi connectivity index (χ2n) is 3.54. The topological polar surface area (TPSA) is 41.1 Å². The molecule has 0 radical (unpaired) electrons. The Hall–Kier alpha value is -0.570. The highest BCUT2D eigenvalue weighted by Crippen LogP contribution is 2.17. The Balaban J connectivity index is 0.000000791. The van der Waals surface area contributed by atoms with Crippen molar-refractivity contribution in [2.75, 3.05) is 7.05 Å². The van der Waals surface area contributed by atoms with E-state index in [1.165, 1.54) is 12.8 Å². The van der Waals surface area contributed by atoms with E-state index >= 15 is 0 Å². The van der Waals surface area contributed by atoms with Crippen molar-refractivity contribution in [3.8, 4) is 0 Å². The maximum absolute atomic E-state index is 10.7. The van der Waals surface area contributed by atoms with Crippen molar-refractivity contribution in [2.24, 2.45) is 0 Å². The van der Waals surface area contributed by atoms with E-state index in [0.29, 0.717) is 12.1 Å². The molecule has 1 aliphatic carbocycles. The monoisotopic (exact) mass is 200 g/mol. The largest absolute Gasteiger partial charge is 0.354 e. The van der Waals surface area contributed by atoms with Crippen molar-refractivity contribution >= 4 is 5.91 Å². The van der Waals surface area contributed by atoms with Crippen LogP contribution in [0.1, 0.15) is 46.5 Å². The lowest BCUT2D eigenvalue weighted by Gasteiger charge is -2.28. The van der Waals surface area contributed by atoms with Gasteiger partial charge in [0.15, 0.2) is 0 Å². The highest BCUT2D eigenvalue weighted by molar-refractivity contribution is 5.73. The standard InChI is InChI=1S/C9H18N2O.C2H6/c1-7(12)11-9-5-3-8(10-2)4-6-9;1-2/h8-10H,3-6H2,1-2H3,(H,11,12);1-2H3. The first-order chi connectivity index (χ1) is 6.72. The van der Waals surface area contributed by atoms with Crippen molar-refractivity contribution in [3.63, 3.8) is 0 Å². The summed E-state index contributed by atoms with van der Waals surface area (Å²) in [6.07, 6.45) is 4.60. The van der Waals surface area contributed by atoms with Crippen LogP contribution in [-0.4, -0.2) is 25.0 Å². The highest BCUT2D eigenvalue weighted by Gasteiger charge is 2.19. The summed E-state index contributed by atoms with van der Waals surface area (Å²) in [5.41, 5.74) is 0. The zero-order chi connectivity index (χ0) is 11.0. The molecule has 2 N–H and O–H groups in total. The number of carbonyl (C=O) groups excluding carboxylic acids is 1. The molecule has 0 aromatic rings. The van der Waals surface area contributed by atoms with E-state index in [1.807, 2.05) is 20.9 Å². The van der Waals surface area contributed by atoms with Crippen LogP contribution in [0.15, 0.2) is 0 Å². The molecule has 3 nitrogen and oxygen atoms in total. The quantitative estimate of drug-likeness (QED) is 0.712. The Bertz CT molecular complexity index is 151. The Morgan fingerprint density at radius 1 is 1.07 bits per heavy atom. The number of carbonyl (C=O) groups is 1. The Morgan fingerprint density at radius 2 is 1.50 bits per heavy atom. The number of nitrogens with one attached hydrogen (secondary N) is 2. The van der Waals surface area contributed by atoms with Crippen LogP contribution in [0, 0.1) is 0 Å². The molecule has 14 heavy (non-hydrogen) atoms. The van der Waals surface area contributed by atoms with Crippen molar-refractivity contribution in [1.29, 1.82) is 0 Å². The van der Waals surface area contributed by atoms with Gasteiger partial charge in [0.25, 0.3) is 0 Å². The highest BCUT2D eigenvalue weighted by atomic mass is 16.1. The molecule has 1 fully saturated rings. The zero-order valence-electron chi connectivity index (χ0n) is 9.89. The summed E-state index contributed by atoms with van der Waals surface area (Å²) < 4.78 is 0. The molecule has 0 aliphatic heterocycles. The lowest BCUT2D eigenvalue weighted by Crippen LogP contribution is -2.40. The number of hydrogen-bond donors (Lipinski definition) is 2. The zero-order valence-corrected chi connectivity index (χ0v) is 9.89. The summed E-state index contributed by atoms with van der Waals surface area (Å²) in [4.78, 5) is 10.7. The van der Waals surface area contributed by atoms with Gasteiger partial charge in [0, 0.05) is 19.0 Å². The van der Waals surface area contributed by atoms with Gasteiger partial charge in [-0.1, -0.05) is 13.8 Å². The summed E-state index contributed by atoms with van der Waals surface area (Å²) in [5.74, 6) is 0.0999. The van der Waals surface area contributed by atoms with Crippen LogP contribution < -0.4 is 10.6 Å². The number of amides is 1. The first-order valence-electron chi connectivity index (χ1n) is 5.66. The van der Waals surface area contributed by atoms with Gasteiger partial charge in [-0.3, -0.25) is 4.79 Å². The van der Waals surface area contributed by atoms with E-state index in [9.17, 15) is 4.79 Å². The minimum atomic E-state index is 0.0999. The molecule has 0 aromatic carbocycles. The Kier molecular flexibility index (Phi) is 7.48. The third kappa shape index (κ3) is 5.22. The van der Waals surface area contributed by atoms with E-state index < -0.39 is 0 Å². The van der Waals surface area contributed by atoms with Gasteiger partial charge >= 0.3 is 0 Å². The molecule has 0 saturated heterocycles. The van der Waals surface area contributed by atoms with Crippen molar-refractivity contribution in [3.05, 3.63) is 0 Å². The third-order valence-corrected chi connectivity index (χ3v) is 2.54. The molecule has 3 heteroatoms. The van der Waals surface area contributed by atoms with Gasteiger partial charge in [-0.2, -0.15) is 0 Å². The average Bonchev–Trinajstić information content (AvgIpc) is 2.21. The van der Waals surface area contributed by atoms with E-state index in [2.05, 4.69) is 10.6 Å². The van der Waals surface area contributed by atoms with Crippen molar-refractivity contribution in [1.82, 2.24) is 10.6 Å². The van der Waals surface area contributed by atoms with Gasteiger partial charge in [0.2, 0.25) is 5.91 Å². The fraction of sp³-hybridized carbons (Fsp3) is 0.909. The first-order valence-corrected chi connectivity index (χ1v) is 5.66. The summed E-state index contributed by atoms with van der Waals surface area (Å²) >= 11 is 0. The predicted molar refractivity (Wildman–Crippen MR) is 60.3 cm³/mol. The van der Waals surface area contributed by atoms with Crippen LogP contribution in [0.3, 0.4) is 0 Å². The molecule has 1 aliphatic rings. The summed E-state index contributed by atoms with van der Waals surface area (Å²) in [7, 11) is 2.00. The third-order valence-electron chi connectivity index (χ3n) is 2.54. The van der Waals surface area contributed by atoms with E-state index in [-0.39, 0.29) is 5.91 Å². The fourth-order valence-electron chi connectivity index (χ4n) is 1.81. The van der Waals surface area contributed by atoms with Gasteiger partial charge in [-0.05, 0) is 32.7 Å². The number of hydrogen-bond acceptors (Lipinski definition) is 2. The maximum atomic E-state index is 10.7. The second kappa shape index (κ2) is 7.80. The van der Waals surface area contributed by atoms with Gasteiger partial charge < -0.3 is 10.6 Å². The Labute approximate surface area is 87.6 Å². The molecule has 0 bridgehead atoms. The molecule has 0 aromatic heterocycles. The molecular weight excluding hydrogens is 176 g/mol. The van der Waals surface area contributed by atoms with E-state index in [1.54, 1.807) is 6.92 Å². The minimum absolute atomic E-state index is 0.0999. The molecule has 1 rings (SSSR count). The Morgan fingerprint density at radius 3 is 1.86 bits per heavy atom. The van der Waals surface area contributed by atoms with Gasteiger partial charge in [-0.25, -0.2) is 0 Å². The molecule has 0 spiro atoms. The molecular formula is C11H24N2O. The van der Waals surface area contributed by atoms with Crippen LogP contribution in [0.25, 0.3) is 0 Å². The molecule has 84 valence electrons. The van der Waals surface area contributed by atoms with E-state index in [0.717, 1.165) is 12.8 Å².